The van der Waals surface area contributed by atoms with E-state index in [1.807, 2.05) is 20.8 Å². The molecule has 0 bridgehead atoms. The van der Waals surface area contributed by atoms with Crippen LogP contribution in [0.1, 0.15) is 113 Å². The van der Waals surface area contributed by atoms with Crippen molar-refractivity contribution in [1.82, 2.24) is 20.9 Å². The monoisotopic (exact) mass is 679 g/mol. The van der Waals surface area contributed by atoms with Crippen LogP contribution < -0.4 is 21.7 Å². The first-order chi connectivity index (χ1) is 21.5. The molecule has 5 atom stereocenters. The Morgan fingerprint density at radius 2 is 1.53 bits per heavy atom. The number of hydrogen-bond donors (Lipinski definition) is 4. The largest absolute Gasteiger partial charge is 0.363 e. The highest BCUT2D eigenvalue weighted by atomic mass is 32.2. The van der Waals surface area contributed by atoms with Gasteiger partial charge in [0.1, 0.15) is 12.1 Å². The van der Waals surface area contributed by atoms with E-state index in [2.05, 4.69) is 29.8 Å². The van der Waals surface area contributed by atoms with Gasteiger partial charge in [0.05, 0.1) is 16.5 Å². The second kappa shape index (κ2) is 13.0. The first-order valence-electron chi connectivity index (χ1n) is 17.3. The van der Waals surface area contributed by atoms with Crippen LogP contribution in [0.2, 0.25) is 0 Å². The number of ketones is 1. The van der Waals surface area contributed by atoms with Crippen molar-refractivity contribution < 1.29 is 32.4 Å². The number of likely N-dealkylation sites (tertiary alicyclic amines) is 1. The highest BCUT2D eigenvalue weighted by Crippen LogP contribution is 2.65. The average Bonchev–Trinajstić information content (AvgIpc) is 3.80. The number of nitrogens with two attached hydrogens (primary N) is 1. The lowest BCUT2D eigenvalue weighted by molar-refractivity contribution is -0.145. The van der Waals surface area contributed by atoms with Crippen molar-refractivity contribution in [3.8, 4) is 0 Å². The van der Waals surface area contributed by atoms with Crippen LogP contribution in [0.25, 0.3) is 0 Å². The van der Waals surface area contributed by atoms with Crippen LogP contribution in [-0.4, -0.2) is 83.6 Å². The third-order valence-corrected chi connectivity index (χ3v) is 13.9. The summed E-state index contributed by atoms with van der Waals surface area (Å²) in [5.74, 6) is -2.72. The number of carbonyl (C=O) groups excluding carboxylic acids is 5. The zero-order valence-corrected chi connectivity index (χ0v) is 30.3. The fourth-order valence-corrected chi connectivity index (χ4v) is 8.96. The summed E-state index contributed by atoms with van der Waals surface area (Å²) in [7, 11) is -3.41. The maximum Gasteiger partial charge on any atom is 0.315 e. The standard InChI is InChI=1S/C34H57N5O7S/c1-31(2,3)26(37-30(44)38-34(14-10-9-11-15-34)16-17-47(45,46)32(4,5)6)29(43)39-19-21-23(33(21,7)8)24(39)28(42)36-22(18-20-12-13-20)25(40)27(35)41/h20-24,26H,9-19H2,1-8H3,(H2,35,41)(H,36,42)(H2,37,38,44)/t21-,22?,23-,24-,26+/m0/s1. The fraction of sp³-hybridized carbons (Fsp3) is 0.853. The topological polar surface area (TPSA) is 185 Å². The summed E-state index contributed by atoms with van der Waals surface area (Å²) in [6.45, 7) is 15.0. The van der Waals surface area contributed by atoms with Crippen molar-refractivity contribution >= 4 is 39.4 Å². The molecule has 0 aromatic rings. The highest BCUT2D eigenvalue weighted by molar-refractivity contribution is 7.92. The van der Waals surface area contributed by atoms with Gasteiger partial charge < -0.3 is 26.6 Å². The van der Waals surface area contributed by atoms with Crippen molar-refractivity contribution in [2.24, 2.45) is 34.3 Å². The van der Waals surface area contributed by atoms with Gasteiger partial charge in [-0.2, -0.15) is 0 Å². The molecule has 4 aliphatic rings. The molecule has 4 rings (SSSR count). The van der Waals surface area contributed by atoms with Gasteiger partial charge in [0.25, 0.3) is 5.91 Å². The van der Waals surface area contributed by atoms with Crippen molar-refractivity contribution in [2.75, 3.05) is 12.3 Å². The highest BCUT2D eigenvalue weighted by Gasteiger charge is 2.70. The number of primary amides is 1. The van der Waals surface area contributed by atoms with Crippen LogP contribution in [0.3, 0.4) is 0 Å². The number of rotatable bonds is 12. The summed E-state index contributed by atoms with van der Waals surface area (Å²) in [5.41, 5.74) is 3.67. The molecule has 13 heteroatoms. The Morgan fingerprint density at radius 3 is 2.04 bits per heavy atom. The molecule has 47 heavy (non-hydrogen) atoms. The van der Waals surface area contributed by atoms with Crippen LogP contribution in [-0.2, 0) is 29.0 Å². The predicted molar refractivity (Wildman–Crippen MR) is 179 cm³/mol. The number of nitrogens with zero attached hydrogens (tertiary/aromatic N) is 1. The molecule has 4 fully saturated rings. The Balaban J connectivity index is 1.52. The first-order valence-corrected chi connectivity index (χ1v) is 18.9. The molecule has 1 unspecified atom stereocenters. The molecule has 1 heterocycles. The number of sulfone groups is 1. The van der Waals surface area contributed by atoms with E-state index < -0.39 is 73.2 Å². The molecule has 266 valence electrons. The number of carbonyl (C=O) groups is 5. The summed E-state index contributed by atoms with van der Waals surface area (Å²) in [5, 5.41) is 8.78. The Kier molecular flexibility index (Phi) is 10.2. The minimum Gasteiger partial charge on any atom is -0.363 e. The fourth-order valence-electron chi connectivity index (χ4n) is 7.68. The smallest absolute Gasteiger partial charge is 0.315 e. The molecule has 12 nitrogen and oxygen atoms in total. The minimum atomic E-state index is -3.41. The summed E-state index contributed by atoms with van der Waals surface area (Å²) < 4.78 is 25.0. The summed E-state index contributed by atoms with van der Waals surface area (Å²) in [6.07, 6.45) is 6.47. The van der Waals surface area contributed by atoms with Crippen molar-refractivity contribution in [3.05, 3.63) is 0 Å². The van der Waals surface area contributed by atoms with Gasteiger partial charge in [-0.3, -0.25) is 19.2 Å². The lowest BCUT2D eigenvalue weighted by atomic mass is 9.79. The van der Waals surface area contributed by atoms with Crippen LogP contribution in [0.5, 0.6) is 0 Å². The Morgan fingerprint density at radius 1 is 0.936 bits per heavy atom. The Bertz CT molecular complexity index is 1370. The van der Waals surface area contributed by atoms with Crippen molar-refractivity contribution in [2.45, 2.75) is 142 Å². The first kappa shape index (κ1) is 37.1. The predicted octanol–water partition coefficient (Wildman–Crippen LogP) is 2.83. The molecule has 5 amide bonds. The van der Waals surface area contributed by atoms with E-state index in [1.54, 1.807) is 20.8 Å². The zero-order chi connectivity index (χ0) is 35.3. The van der Waals surface area contributed by atoms with Crippen molar-refractivity contribution in [3.63, 3.8) is 0 Å². The number of fused-ring (bicyclic) bond motifs is 1. The Hall–Kier alpha value is -2.70. The van der Waals surface area contributed by atoms with Crippen LogP contribution in [0.15, 0.2) is 0 Å². The molecule has 3 aliphatic carbocycles. The van der Waals surface area contributed by atoms with Gasteiger partial charge in [-0.1, -0.05) is 66.7 Å². The van der Waals surface area contributed by atoms with Gasteiger partial charge in [0, 0.05) is 12.1 Å². The van der Waals surface area contributed by atoms with E-state index in [1.165, 1.54) is 4.90 Å². The molecule has 0 radical (unpaired) electrons. The van der Waals surface area contributed by atoms with Gasteiger partial charge >= 0.3 is 6.03 Å². The summed E-state index contributed by atoms with van der Waals surface area (Å²) in [4.78, 5) is 67.9. The molecule has 1 saturated heterocycles. The second-order valence-electron chi connectivity index (χ2n) is 17.3. The van der Waals surface area contributed by atoms with E-state index in [4.69, 9.17) is 5.73 Å². The third kappa shape index (κ3) is 8.13. The summed E-state index contributed by atoms with van der Waals surface area (Å²) in [6, 6.07) is -3.45. The Labute approximate surface area is 280 Å². The van der Waals surface area contributed by atoms with E-state index in [0.717, 1.165) is 32.1 Å². The molecule has 0 spiro atoms. The van der Waals surface area contributed by atoms with Gasteiger partial charge in [-0.05, 0) is 75.0 Å². The second-order valence-corrected chi connectivity index (χ2v) is 20.1. The average molecular weight is 680 g/mol. The van der Waals surface area contributed by atoms with Gasteiger partial charge in [-0.15, -0.1) is 0 Å². The molecule has 0 aromatic heterocycles. The maximum absolute atomic E-state index is 14.4. The van der Waals surface area contributed by atoms with E-state index in [-0.39, 0.29) is 35.3 Å². The lowest BCUT2D eigenvalue weighted by Gasteiger charge is -2.41. The number of Topliss-reactive ketones (excluding diaryl/α,β-unsaturated/α-hetero) is 1. The number of nitrogens with one attached hydrogen (secondary N) is 3. The van der Waals surface area contributed by atoms with Gasteiger partial charge in [-0.25, -0.2) is 13.2 Å². The van der Waals surface area contributed by atoms with E-state index in [0.29, 0.717) is 25.8 Å². The van der Waals surface area contributed by atoms with E-state index >= 15 is 0 Å². The number of piperidine rings is 1. The molecular formula is C34H57N5O7S. The van der Waals surface area contributed by atoms with E-state index in [9.17, 15) is 32.4 Å². The zero-order valence-electron chi connectivity index (χ0n) is 29.5. The molecule has 5 N–H and O–H groups in total. The van der Waals surface area contributed by atoms with Crippen LogP contribution in [0.4, 0.5) is 4.79 Å². The maximum atomic E-state index is 14.4. The SMILES string of the molecule is CC(C)(C)[C@H](NC(=O)NC1(CCS(=O)(=O)C(C)(C)C)CCCCC1)C(=O)N1C[C@H]2[C@@H]([C@H]1C(=O)NC(CC1CC1)C(=O)C(N)=O)C2(C)C. The normalized spacial score (nSPS) is 26.4. The molecule has 3 saturated carbocycles. The number of hydrogen-bond acceptors (Lipinski definition) is 7. The number of urea groups is 1. The van der Waals surface area contributed by atoms with Crippen LogP contribution >= 0.6 is 0 Å². The summed E-state index contributed by atoms with van der Waals surface area (Å²) >= 11 is 0. The molecule has 0 aromatic carbocycles. The number of amides is 5. The quantitative estimate of drug-likeness (QED) is 0.229. The molecule has 1 aliphatic heterocycles. The molecular weight excluding hydrogens is 622 g/mol. The van der Waals surface area contributed by atoms with Gasteiger partial charge in [0.2, 0.25) is 17.6 Å². The minimum absolute atomic E-state index is 0.0540. The van der Waals surface area contributed by atoms with Crippen molar-refractivity contribution in [1.29, 1.82) is 0 Å². The van der Waals surface area contributed by atoms with Gasteiger partial charge in [0.15, 0.2) is 9.84 Å². The third-order valence-electron chi connectivity index (χ3n) is 11.3. The lowest BCUT2D eigenvalue weighted by Crippen LogP contribution is -2.63. The van der Waals surface area contributed by atoms with Crippen LogP contribution in [0, 0.1) is 28.6 Å².